The second kappa shape index (κ2) is 7.03. The summed E-state index contributed by atoms with van der Waals surface area (Å²) < 4.78 is 14.7. The highest BCUT2D eigenvalue weighted by atomic mass is 16.7. The zero-order valence-electron chi connectivity index (χ0n) is 10.1. The van der Waals surface area contributed by atoms with Crippen molar-refractivity contribution in [3.8, 4) is 5.75 Å². The van der Waals surface area contributed by atoms with Gasteiger partial charge in [0.15, 0.2) is 0 Å². The zero-order valence-corrected chi connectivity index (χ0v) is 10.1. The van der Waals surface area contributed by atoms with Gasteiger partial charge in [-0.3, -0.25) is 10.9 Å². The van der Waals surface area contributed by atoms with E-state index in [9.17, 15) is 9.59 Å². The molecule has 1 rings (SSSR count). The first-order valence-electron chi connectivity index (χ1n) is 5.09. The Hall–Kier alpha value is -2.52. The quantitative estimate of drug-likeness (QED) is 0.259. The summed E-state index contributed by atoms with van der Waals surface area (Å²) >= 11 is 0. The van der Waals surface area contributed by atoms with Gasteiger partial charge in [0.1, 0.15) is 5.75 Å². The van der Waals surface area contributed by atoms with Gasteiger partial charge >= 0.3 is 12.2 Å². The van der Waals surface area contributed by atoms with Gasteiger partial charge in [0.05, 0.1) is 12.7 Å². The number of ether oxygens (including phenoxy) is 3. The topological polar surface area (TPSA) is 138 Å². The predicted octanol–water partition coefficient (Wildman–Crippen LogP) is -0.106. The summed E-state index contributed by atoms with van der Waals surface area (Å²) in [4.78, 5) is 22.2. The molecule has 1 aromatic rings. The van der Waals surface area contributed by atoms with Crippen molar-refractivity contribution in [1.29, 1.82) is 0 Å². The Morgan fingerprint density at radius 3 is 2.11 bits per heavy atom. The molecular formula is C10H14N4O5. The lowest BCUT2D eigenvalue weighted by molar-refractivity contribution is -0.0649. The van der Waals surface area contributed by atoms with Crippen LogP contribution in [0.4, 0.5) is 9.59 Å². The van der Waals surface area contributed by atoms with Crippen LogP contribution in [0, 0.1) is 0 Å². The molecule has 0 saturated carbocycles. The van der Waals surface area contributed by atoms with Crippen LogP contribution in [0.5, 0.6) is 5.75 Å². The molecular weight excluding hydrogens is 256 g/mol. The molecule has 2 amide bonds. The summed E-state index contributed by atoms with van der Waals surface area (Å²) in [7, 11) is 1.42. The molecule has 0 heterocycles. The van der Waals surface area contributed by atoms with Crippen molar-refractivity contribution in [3.63, 3.8) is 0 Å². The summed E-state index contributed by atoms with van der Waals surface area (Å²) in [6, 6.07) is 6.51. The molecule has 19 heavy (non-hydrogen) atoms. The average Bonchev–Trinajstić information content (AvgIpc) is 2.46. The van der Waals surface area contributed by atoms with Crippen LogP contribution in [0.15, 0.2) is 24.3 Å². The molecule has 9 nitrogen and oxygen atoms in total. The van der Waals surface area contributed by atoms with Gasteiger partial charge in [-0.15, -0.1) is 0 Å². The van der Waals surface area contributed by atoms with Crippen molar-refractivity contribution in [2.75, 3.05) is 7.11 Å². The number of para-hydroxylation sites is 1. The van der Waals surface area contributed by atoms with Crippen LogP contribution in [-0.2, 0) is 9.47 Å². The van der Waals surface area contributed by atoms with Crippen molar-refractivity contribution in [2.24, 2.45) is 11.7 Å². The molecule has 1 aromatic carbocycles. The Kier molecular flexibility index (Phi) is 5.38. The van der Waals surface area contributed by atoms with E-state index in [-0.39, 0.29) is 0 Å². The number of carbonyl (C=O) groups is 2. The maximum atomic E-state index is 11.1. The second-order valence-electron chi connectivity index (χ2n) is 3.17. The van der Waals surface area contributed by atoms with Crippen molar-refractivity contribution in [1.82, 2.24) is 10.9 Å². The lowest BCUT2D eigenvalue weighted by atomic mass is 10.2. The molecule has 0 aliphatic heterocycles. The summed E-state index contributed by atoms with van der Waals surface area (Å²) in [5, 5.41) is 0. The zero-order chi connectivity index (χ0) is 14.3. The molecule has 0 bridgehead atoms. The number of nitrogens with two attached hydrogens (primary N) is 2. The highest BCUT2D eigenvalue weighted by Gasteiger charge is 2.23. The summed E-state index contributed by atoms with van der Waals surface area (Å²) in [5.41, 5.74) is 3.81. The third kappa shape index (κ3) is 4.01. The molecule has 0 spiro atoms. The summed E-state index contributed by atoms with van der Waals surface area (Å²) in [6.07, 6.45) is -3.33. The van der Waals surface area contributed by atoms with E-state index in [2.05, 4.69) is 0 Å². The summed E-state index contributed by atoms with van der Waals surface area (Å²) in [6.45, 7) is 0. The van der Waals surface area contributed by atoms with Gasteiger partial charge in [-0.1, -0.05) is 12.1 Å². The van der Waals surface area contributed by atoms with Gasteiger partial charge < -0.3 is 14.2 Å². The first-order valence-corrected chi connectivity index (χ1v) is 5.09. The maximum Gasteiger partial charge on any atom is 0.424 e. The molecule has 0 fully saturated rings. The predicted molar refractivity (Wildman–Crippen MR) is 63.3 cm³/mol. The van der Waals surface area contributed by atoms with Crippen LogP contribution in [-0.4, -0.2) is 19.3 Å². The number of hydrogen-bond acceptors (Lipinski definition) is 7. The number of benzene rings is 1. The Morgan fingerprint density at radius 1 is 1.11 bits per heavy atom. The normalized spacial score (nSPS) is 9.68. The minimum Gasteiger partial charge on any atom is -0.496 e. The maximum absolute atomic E-state index is 11.1. The fourth-order valence-corrected chi connectivity index (χ4v) is 1.27. The number of rotatable bonds is 4. The van der Waals surface area contributed by atoms with Gasteiger partial charge in [0.25, 0.3) is 6.29 Å². The largest absolute Gasteiger partial charge is 0.496 e. The van der Waals surface area contributed by atoms with Crippen LogP contribution in [0.25, 0.3) is 0 Å². The summed E-state index contributed by atoms with van der Waals surface area (Å²) in [5.74, 6) is 10.2. The number of hydrogen-bond donors (Lipinski definition) is 4. The molecule has 0 atom stereocenters. The number of nitrogens with one attached hydrogen (secondary N) is 2. The van der Waals surface area contributed by atoms with E-state index in [0.29, 0.717) is 11.3 Å². The minimum absolute atomic E-state index is 0.317. The lowest BCUT2D eigenvalue weighted by Crippen LogP contribution is -2.36. The van der Waals surface area contributed by atoms with Crippen LogP contribution >= 0.6 is 0 Å². The third-order valence-corrected chi connectivity index (χ3v) is 2.06. The number of hydrazine groups is 2. The number of amides is 2. The van der Waals surface area contributed by atoms with Crippen LogP contribution < -0.4 is 27.3 Å². The number of methoxy groups -OCH3 is 1. The van der Waals surface area contributed by atoms with E-state index in [4.69, 9.17) is 25.9 Å². The van der Waals surface area contributed by atoms with Gasteiger partial charge in [-0.05, 0) is 12.1 Å². The van der Waals surface area contributed by atoms with Gasteiger partial charge in [0.2, 0.25) is 0 Å². The van der Waals surface area contributed by atoms with Crippen molar-refractivity contribution in [2.45, 2.75) is 6.29 Å². The van der Waals surface area contributed by atoms with Crippen molar-refractivity contribution < 1.29 is 23.8 Å². The molecule has 0 aliphatic rings. The molecule has 0 aliphatic carbocycles. The van der Waals surface area contributed by atoms with E-state index in [0.717, 1.165) is 0 Å². The Morgan fingerprint density at radius 2 is 1.63 bits per heavy atom. The van der Waals surface area contributed by atoms with Crippen molar-refractivity contribution >= 4 is 12.2 Å². The smallest absolute Gasteiger partial charge is 0.424 e. The van der Waals surface area contributed by atoms with Gasteiger partial charge in [-0.2, -0.15) is 0 Å². The first kappa shape index (κ1) is 14.5. The van der Waals surface area contributed by atoms with E-state index < -0.39 is 18.5 Å². The first-order chi connectivity index (χ1) is 9.12. The van der Waals surface area contributed by atoms with E-state index in [1.165, 1.54) is 7.11 Å². The average molecular weight is 270 g/mol. The van der Waals surface area contributed by atoms with Crippen molar-refractivity contribution in [3.05, 3.63) is 29.8 Å². The van der Waals surface area contributed by atoms with Crippen LogP contribution in [0.3, 0.4) is 0 Å². The fraction of sp³-hybridized carbons (Fsp3) is 0.200. The highest BCUT2D eigenvalue weighted by Crippen LogP contribution is 2.28. The third-order valence-electron chi connectivity index (χ3n) is 2.06. The second-order valence-corrected chi connectivity index (χ2v) is 3.17. The lowest BCUT2D eigenvalue weighted by Gasteiger charge is -2.19. The van der Waals surface area contributed by atoms with Crippen LogP contribution in [0.2, 0.25) is 0 Å². The van der Waals surface area contributed by atoms with E-state index >= 15 is 0 Å². The molecule has 0 saturated heterocycles. The van der Waals surface area contributed by atoms with E-state index in [1.807, 2.05) is 0 Å². The highest BCUT2D eigenvalue weighted by molar-refractivity contribution is 5.69. The molecule has 0 unspecified atom stereocenters. The SMILES string of the molecule is COc1ccccc1C(OC(=O)NN)OC(=O)NN. The molecule has 0 aromatic heterocycles. The molecule has 104 valence electrons. The molecule has 0 radical (unpaired) electrons. The van der Waals surface area contributed by atoms with Gasteiger partial charge in [-0.25, -0.2) is 21.3 Å². The standard InChI is InChI=1S/C10H14N4O5/c1-17-7-5-3-2-4-6(7)8(18-9(15)13-11)19-10(16)14-12/h2-5,8H,11-12H2,1H3,(H,13,15)(H,14,16). The Labute approximate surface area is 108 Å². The molecule has 6 N–H and O–H groups in total. The number of carbonyl (C=O) groups excluding carboxylic acids is 2. The fourth-order valence-electron chi connectivity index (χ4n) is 1.27. The van der Waals surface area contributed by atoms with E-state index in [1.54, 1.807) is 35.1 Å². The van der Waals surface area contributed by atoms with Gasteiger partial charge in [0, 0.05) is 0 Å². The minimum atomic E-state index is -1.36. The Balaban J connectivity index is 3.00. The molecule has 9 heteroatoms. The monoisotopic (exact) mass is 270 g/mol. The van der Waals surface area contributed by atoms with Crippen LogP contribution in [0.1, 0.15) is 11.9 Å². The Bertz CT molecular complexity index is 435.